The Bertz CT molecular complexity index is 626. The molecule has 24 heavy (non-hydrogen) atoms. The Labute approximate surface area is 139 Å². The van der Waals surface area contributed by atoms with Gasteiger partial charge in [0.05, 0.1) is 6.61 Å². The highest BCUT2D eigenvalue weighted by Crippen LogP contribution is 2.35. The highest BCUT2D eigenvalue weighted by molar-refractivity contribution is 7.32. The van der Waals surface area contributed by atoms with Gasteiger partial charge in [0.1, 0.15) is 18.0 Å². The molecule has 4 N–H and O–H groups in total. The molecule has 5 atom stereocenters. The van der Waals surface area contributed by atoms with E-state index in [1.165, 1.54) is 12.3 Å². The van der Waals surface area contributed by atoms with E-state index in [4.69, 9.17) is 24.6 Å². The number of rotatable bonds is 8. The van der Waals surface area contributed by atoms with E-state index in [-0.39, 0.29) is 12.4 Å². The van der Waals surface area contributed by atoms with Crippen molar-refractivity contribution in [2.75, 3.05) is 18.9 Å². The third-order valence-corrected chi connectivity index (χ3v) is 4.00. The molecule has 134 valence electrons. The van der Waals surface area contributed by atoms with Gasteiger partial charge in [0.15, 0.2) is 12.3 Å². The van der Waals surface area contributed by atoms with Crippen LogP contribution in [0, 0.1) is 0 Å². The second-order valence-electron chi connectivity index (χ2n) is 5.33. The molecule has 0 bridgehead atoms. The number of anilines is 1. The minimum atomic E-state index is -2.96. The predicted molar refractivity (Wildman–Crippen MR) is 83.3 cm³/mol. The molecule has 1 aromatic rings. The van der Waals surface area contributed by atoms with Crippen LogP contribution in [0.2, 0.25) is 0 Å². The molecule has 0 amide bonds. The highest BCUT2D eigenvalue weighted by Gasteiger charge is 2.50. The maximum atomic E-state index is 11.9. The number of unbranched alkanes of at least 4 members (excludes halogenated alkanes) is 1. The molecule has 1 saturated heterocycles. The van der Waals surface area contributed by atoms with Crippen LogP contribution in [0.4, 0.5) is 5.82 Å². The first-order valence-electron chi connectivity index (χ1n) is 7.53. The second-order valence-corrected chi connectivity index (χ2v) is 6.02. The van der Waals surface area contributed by atoms with Gasteiger partial charge in [-0.1, -0.05) is 13.3 Å². The fraction of sp³-hybridized carbons (Fsp3) is 0.692. The zero-order valence-electron chi connectivity index (χ0n) is 13.1. The summed E-state index contributed by atoms with van der Waals surface area (Å²) in [5, 5.41) is 10.4. The van der Waals surface area contributed by atoms with Crippen LogP contribution >= 0.6 is 8.25 Å². The van der Waals surface area contributed by atoms with Crippen LogP contribution in [0.15, 0.2) is 17.1 Å². The fourth-order valence-electron chi connectivity index (χ4n) is 2.38. The average Bonchev–Trinajstić information content (AvgIpc) is 2.80. The van der Waals surface area contributed by atoms with Gasteiger partial charge in [-0.15, -0.1) is 9.42 Å². The second kappa shape index (κ2) is 8.61. The van der Waals surface area contributed by atoms with Crippen molar-refractivity contribution in [1.82, 2.24) is 9.55 Å². The Balaban J connectivity index is 2.15. The van der Waals surface area contributed by atoms with Crippen molar-refractivity contribution in [3.05, 3.63) is 22.7 Å². The topological polar surface area (TPSA) is 146 Å². The Morgan fingerprint density at radius 1 is 1.54 bits per heavy atom. The fourth-order valence-corrected chi connectivity index (χ4v) is 2.85. The van der Waals surface area contributed by atoms with E-state index < -0.39 is 38.5 Å². The first-order chi connectivity index (χ1) is 11.4. The molecule has 1 fully saturated rings. The molecule has 0 radical (unpaired) electrons. The standard InChI is InChI=1S/C13H20N3O7P/c1-2-3-6-21-7-8-11(23-24(19)20)10(17)12(22-8)16-5-4-9(14)15-13(16)18/h4-5,8,10-12,17H,2-3,6-7H2,1H3,(H2-,14,15,18,19,20)/p+1/t8-,10-,11-,12-/m1/s1. The maximum absolute atomic E-state index is 11.9. The Kier molecular flexibility index (Phi) is 6.79. The van der Waals surface area contributed by atoms with Gasteiger partial charge in [-0.2, -0.15) is 4.98 Å². The Morgan fingerprint density at radius 3 is 2.92 bits per heavy atom. The summed E-state index contributed by atoms with van der Waals surface area (Å²) in [6.07, 6.45) is -1.27. The number of hydrogen-bond acceptors (Lipinski definition) is 8. The summed E-state index contributed by atoms with van der Waals surface area (Å²) in [4.78, 5) is 24.5. The minimum Gasteiger partial charge on any atom is -0.385 e. The van der Waals surface area contributed by atoms with Crippen LogP contribution in [0.5, 0.6) is 0 Å². The molecule has 10 nitrogen and oxygen atoms in total. The van der Waals surface area contributed by atoms with Crippen LogP contribution in [-0.4, -0.2) is 51.1 Å². The number of nitrogen functional groups attached to an aromatic ring is 1. The van der Waals surface area contributed by atoms with Gasteiger partial charge < -0.3 is 20.3 Å². The van der Waals surface area contributed by atoms with Crippen LogP contribution in [-0.2, 0) is 18.6 Å². The molecule has 0 aromatic carbocycles. The summed E-state index contributed by atoms with van der Waals surface area (Å²) in [5.41, 5.74) is 4.72. The van der Waals surface area contributed by atoms with Crippen molar-refractivity contribution in [3.63, 3.8) is 0 Å². The molecule has 1 aromatic heterocycles. The van der Waals surface area contributed by atoms with Crippen LogP contribution < -0.4 is 11.4 Å². The van der Waals surface area contributed by atoms with Gasteiger partial charge in [0.25, 0.3) is 0 Å². The van der Waals surface area contributed by atoms with E-state index in [2.05, 4.69) is 4.98 Å². The van der Waals surface area contributed by atoms with Crippen molar-refractivity contribution >= 4 is 14.1 Å². The first kappa shape index (κ1) is 18.9. The van der Waals surface area contributed by atoms with Gasteiger partial charge >= 0.3 is 13.9 Å². The molecule has 2 heterocycles. The maximum Gasteiger partial charge on any atom is 0.695 e. The predicted octanol–water partition coefficient (Wildman–Crippen LogP) is -0.0646. The van der Waals surface area contributed by atoms with E-state index in [1.54, 1.807) is 0 Å². The van der Waals surface area contributed by atoms with Crippen molar-refractivity contribution in [2.24, 2.45) is 0 Å². The van der Waals surface area contributed by atoms with Crippen molar-refractivity contribution < 1.29 is 28.6 Å². The quantitative estimate of drug-likeness (QED) is 0.427. The summed E-state index contributed by atoms with van der Waals surface area (Å²) >= 11 is 0. The SMILES string of the molecule is CCCCOC[C@H]1O[C@@H](n2ccc(N)nc2=O)[C@H](O)[C@@H]1O[P+](=O)O. The highest BCUT2D eigenvalue weighted by atomic mass is 31.1. The zero-order chi connectivity index (χ0) is 17.7. The van der Waals surface area contributed by atoms with E-state index in [1.807, 2.05) is 6.92 Å². The van der Waals surface area contributed by atoms with Crippen LogP contribution in [0.1, 0.15) is 26.0 Å². The summed E-state index contributed by atoms with van der Waals surface area (Å²) in [7, 11) is -2.96. The molecule has 0 aliphatic carbocycles. The van der Waals surface area contributed by atoms with Gasteiger partial charge in [-0.25, -0.2) is 4.79 Å². The molecular formula is C13H21N3O7P+. The van der Waals surface area contributed by atoms with E-state index in [0.29, 0.717) is 6.61 Å². The van der Waals surface area contributed by atoms with Crippen molar-refractivity contribution in [3.8, 4) is 0 Å². The lowest BCUT2D eigenvalue weighted by Gasteiger charge is -2.16. The molecule has 11 heteroatoms. The van der Waals surface area contributed by atoms with Gasteiger partial charge in [0.2, 0.25) is 0 Å². The minimum absolute atomic E-state index is 0.0365. The zero-order valence-corrected chi connectivity index (χ0v) is 14.0. The normalized spacial score (nSPS) is 27.4. The number of ether oxygens (including phenoxy) is 2. The Hall–Kier alpha value is -1.42. The monoisotopic (exact) mass is 362 g/mol. The largest absolute Gasteiger partial charge is 0.695 e. The van der Waals surface area contributed by atoms with Gasteiger partial charge in [0, 0.05) is 17.4 Å². The third-order valence-electron chi connectivity index (χ3n) is 3.57. The number of hydrogen-bond donors (Lipinski definition) is 3. The van der Waals surface area contributed by atoms with Crippen LogP contribution in [0.3, 0.4) is 0 Å². The number of aliphatic hydroxyl groups is 1. The molecule has 0 saturated carbocycles. The number of aliphatic hydroxyl groups excluding tert-OH is 1. The molecule has 0 spiro atoms. The molecule has 1 unspecified atom stereocenters. The van der Waals surface area contributed by atoms with Gasteiger partial charge in [-0.3, -0.25) is 4.57 Å². The lowest BCUT2D eigenvalue weighted by molar-refractivity contribution is -0.0673. The van der Waals surface area contributed by atoms with E-state index in [0.717, 1.165) is 17.4 Å². The number of nitrogens with two attached hydrogens (primary N) is 1. The number of nitrogens with zero attached hydrogens (tertiary/aromatic N) is 2. The first-order valence-corrected chi connectivity index (χ1v) is 8.66. The lowest BCUT2D eigenvalue weighted by Crippen LogP contribution is -2.37. The summed E-state index contributed by atoms with van der Waals surface area (Å²) < 4.78 is 28.0. The summed E-state index contributed by atoms with van der Waals surface area (Å²) in [5.74, 6) is 0.0365. The van der Waals surface area contributed by atoms with Crippen molar-refractivity contribution in [1.29, 1.82) is 0 Å². The molecule has 1 aliphatic heterocycles. The third kappa shape index (κ3) is 4.56. The summed E-state index contributed by atoms with van der Waals surface area (Å²) in [6, 6.07) is 1.38. The smallest absolute Gasteiger partial charge is 0.385 e. The Morgan fingerprint density at radius 2 is 2.29 bits per heavy atom. The van der Waals surface area contributed by atoms with Crippen LogP contribution in [0.25, 0.3) is 0 Å². The lowest BCUT2D eigenvalue weighted by atomic mass is 10.1. The van der Waals surface area contributed by atoms with E-state index >= 15 is 0 Å². The number of aromatic nitrogens is 2. The van der Waals surface area contributed by atoms with Crippen molar-refractivity contribution in [2.45, 2.75) is 44.3 Å². The average molecular weight is 362 g/mol. The molecule has 1 aliphatic rings. The van der Waals surface area contributed by atoms with E-state index in [9.17, 15) is 14.5 Å². The molecule has 2 rings (SSSR count). The molecular weight excluding hydrogens is 341 g/mol. The van der Waals surface area contributed by atoms with Gasteiger partial charge in [-0.05, 0) is 12.5 Å². The summed E-state index contributed by atoms with van der Waals surface area (Å²) in [6.45, 7) is 2.55.